The minimum absolute atomic E-state index is 0.427. The summed E-state index contributed by atoms with van der Waals surface area (Å²) in [4.78, 5) is 12.4. The molecule has 128 valence electrons. The first-order valence-corrected chi connectivity index (χ1v) is 8.11. The molecule has 0 saturated carbocycles. The van der Waals surface area contributed by atoms with Crippen LogP contribution in [-0.4, -0.2) is 39.3 Å². The summed E-state index contributed by atoms with van der Waals surface area (Å²) in [6.45, 7) is 3.84. The number of quaternary nitrogens is 1. The summed E-state index contributed by atoms with van der Waals surface area (Å²) in [6.07, 6.45) is 5.10. The summed E-state index contributed by atoms with van der Waals surface area (Å²) in [5, 5.41) is 19.6. The number of benzene rings is 1. The Balaban J connectivity index is 2.05. The normalized spacial score (nSPS) is 15.6. The van der Waals surface area contributed by atoms with Gasteiger partial charge in [-0.25, -0.2) is 0 Å². The molecule has 1 saturated heterocycles. The number of rotatable bonds is 7. The molecule has 1 aliphatic heterocycles. The number of carbonyl (C=O) groups is 1. The molecule has 0 atom stereocenters. The zero-order valence-electron chi connectivity index (χ0n) is 13.8. The van der Waals surface area contributed by atoms with E-state index in [-0.39, 0.29) is 0 Å². The molecule has 0 bridgehead atoms. The number of nitrogens with one attached hydrogen (secondary N) is 1. The van der Waals surface area contributed by atoms with Gasteiger partial charge >= 0.3 is 0 Å². The Hall–Kier alpha value is -2.52. The second kappa shape index (κ2) is 8.94. The van der Waals surface area contributed by atoms with Crippen LogP contribution in [-0.2, 0) is 4.79 Å². The van der Waals surface area contributed by atoms with Crippen LogP contribution in [0.3, 0.4) is 0 Å². The van der Waals surface area contributed by atoms with Crippen LogP contribution >= 0.6 is 0 Å². The minimum atomic E-state index is -1.50. The van der Waals surface area contributed by atoms with E-state index >= 15 is 0 Å². The fourth-order valence-corrected chi connectivity index (χ4v) is 2.81. The molecule has 1 fully saturated rings. The lowest BCUT2D eigenvalue weighted by atomic mass is 10.1. The number of methoxy groups -OCH3 is 1. The number of hydrogen-bond acceptors (Lipinski definition) is 5. The number of piperidine rings is 1. The van der Waals surface area contributed by atoms with Gasteiger partial charge in [-0.3, -0.25) is 0 Å². The van der Waals surface area contributed by atoms with Crippen LogP contribution in [0.5, 0.6) is 11.5 Å². The third kappa shape index (κ3) is 5.00. The summed E-state index contributed by atoms with van der Waals surface area (Å²) < 4.78 is 11.1. The second-order valence-corrected chi connectivity index (χ2v) is 5.78. The maximum atomic E-state index is 10.8. The Morgan fingerprint density at radius 1 is 1.33 bits per heavy atom. The number of carboxylic acid groups (broad SMARTS) is 1. The number of likely N-dealkylation sites (tertiary alicyclic amines) is 1. The zero-order valence-corrected chi connectivity index (χ0v) is 13.8. The molecule has 0 amide bonds. The Morgan fingerprint density at radius 3 is 2.71 bits per heavy atom. The smallest absolute Gasteiger partial charge is 0.162 e. The van der Waals surface area contributed by atoms with Crippen molar-refractivity contribution in [2.45, 2.75) is 19.3 Å². The Kier molecular flexibility index (Phi) is 6.64. The summed E-state index contributed by atoms with van der Waals surface area (Å²) in [5.41, 5.74) is 0.126. The molecule has 0 aliphatic carbocycles. The molecule has 1 N–H and O–H groups in total. The van der Waals surface area contributed by atoms with Crippen LogP contribution in [0.15, 0.2) is 23.8 Å². The Labute approximate surface area is 141 Å². The minimum Gasteiger partial charge on any atom is -0.544 e. The van der Waals surface area contributed by atoms with E-state index in [4.69, 9.17) is 14.7 Å². The molecule has 1 heterocycles. The molecule has 0 unspecified atom stereocenters. The standard InChI is InChI=1S/C18H22N2O4/c1-23-16-6-5-14(11-15(13-19)18(21)22)12-17(16)24-10-9-20-7-3-2-4-8-20/h5-6,11-12H,2-4,7-10H2,1H3,(H,21,22)/b15-11+. The molecule has 6 heteroatoms. The van der Waals surface area contributed by atoms with Gasteiger partial charge in [0.25, 0.3) is 0 Å². The van der Waals surface area contributed by atoms with Crippen molar-refractivity contribution in [3.05, 3.63) is 29.3 Å². The highest BCUT2D eigenvalue weighted by atomic mass is 16.5. The van der Waals surface area contributed by atoms with E-state index in [0.29, 0.717) is 23.7 Å². The number of hydrogen-bond donors (Lipinski definition) is 1. The predicted molar refractivity (Wildman–Crippen MR) is 86.5 cm³/mol. The first-order valence-electron chi connectivity index (χ1n) is 8.11. The number of carbonyl (C=O) groups excluding carboxylic acids is 1. The molecule has 0 radical (unpaired) electrons. The predicted octanol–water partition coefficient (Wildman–Crippen LogP) is -0.200. The summed E-state index contributed by atoms with van der Waals surface area (Å²) in [5.74, 6) is -0.379. The summed E-state index contributed by atoms with van der Waals surface area (Å²) in [7, 11) is 1.55. The lowest BCUT2D eigenvalue weighted by Gasteiger charge is -2.23. The third-order valence-electron chi connectivity index (χ3n) is 4.11. The molecular formula is C18H22N2O4. The van der Waals surface area contributed by atoms with Gasteiger partial charge < -0.3 is 24.3 Å². The molecule has 2 rings (SSSR count). The Morgan fingerprint density at radius 2 is 2.08 bits per heavy atom. The number of ether oxygens (including phenoxy) is 2. The quantitative estimate of drug-likeness (QED) is 0.553. The van der Waals surface area contributed by atoms with Gasteiger partial charge in [0.2, 0.25) is 0 Å². The highest BCUT2D eigenvalue weighted by molar-refractivity contribution is 5.95. The van der Waals surface area contributed by atoms with Crippen molar-refractivity contribution in [3.63, 3.8) is 0 Å². The maximum Gasteiger partial charge on any atom is 0.162 e. The molecule has 1 aromatic rings. The van der Waals surface area contributed by atoms with Crippen LogP contribution < -0.4 is 19.5 Å². The monoisotopic (exact) mass is 330 g/mol. The largest absolute Gasteiger partial charge is 0.544 e. The van der Waals surface area contributed by atoms with E-state index in [9.17, 15) is 9.90 Å². The van der Waals surface area contributed by atoms with Gasteiger partial charge in [0.1, 0.15) is 19.2 Å². The Bertz CT molecular complexity index is 643. The van der Waals surface area contributed by atoms with Crippen molar-refractivity contribution in [2.24, 2.45) is 0 Å². The van der Waals surface area contributed by atoms with Gasteiger partial charge in [-0.1, -0.05) is 6.07 Å². The van der Waals surface area contributed by atoms with E-state index in [2.05, 4.69) is 0 Å². The highest BCUT2D eigenvalue weighted by Crippen LogP contribution is 2.28. The summed E-state index contributed by atoms with van der Waals surface area (Å²) >= 11 is 0. The lowest BCUT2D eigenvalue weighted by molar-refractivity contribution is -0.904. The lowest BCUT2D eigenvalue weighted by Crippen LogP contribution is -3.13. The van der Waals surface area contributed by atoms with Crippen molar-refractivity contribution in [1.82, 2.24) is 0 Å². The average Bonchev–Trinajstić information content (AvgIpc) is 2.60. The molecule has 6 nitrogen and oxygen atoms in total. The summed E-state index contributed by atoms with van der Waals surface area (Å²) in [6, 6.07) is 6.64. The van der Waals surface area contributed by atoms with Gasteiger partial charge in [-0.15, -0.1) is 0 Å². The van der Waals surface area contributed by atoms with Gasteiger partial charge in [-0.05, 0) is 43.0 Å². The van der Waals surface area contributed by atoms with Gasteiger partial charge in [0.05, 0.1) is 31.7 Å². The molecule has 0 aromatic heterocycles. The molecular weight excluding hydrogens is 308 g/mol. The number of nitrogens with zero attached hydrogens (tertiary/aromatic N) is 1. The van der Waals surface area contributed by atoms with Crippen molar-refractivity contribution in [3.8, 4) is 17.6 Å². The fraction of sp³-hybridized carbons (Fsp3) is 0.444. The highest BCUT2D eigenvalue weighted by Gasteiger charge is 2.14. The van der Waals surface area contributed by atoms with Crippen LogP contribution in [0.2, 0.25) is 0 Å². The van der Waals surface area contributed by atoms with Crippen molar-refractivity contribution in [1.29, 1.82) is 5.26 Å². The number of carboxylic acids is 1. The SMILES string of the molecule is COc1ccc(/C=C(\C#N)C(=O)[O-])cc1OCC[NH+]1CCCCC1. The van der Waals surface area contributed by atoms with Crippen LogP contribution in [0.25, 0.3) is 6.08 Å². The van der Waals surface area contributed by atoms with Crippen LogP contribution in [0.1, 0.15) is 24.8 Å². The van der Waals surface area contributed by atoms with E-state index in [1.54, 1.807) is 36.3 Å². The van der Waals surface area contributed by atoms with E-state index in [0.717, 1.165) is 6.54 Å². The zero-order chi connectivity index (χ0) is 17.4. The van der Waals surface area contributed by atoms with Gasteiger partial charge in [0.15, 0.2) is 11.5 Å². The van der Waals surface area contributed by atoms with E-state index in [1.807, 2.05) is 0 Å². The molecule has 0 spiro atoms. The molecule has 1 aromatic carbocycles. The van der Waals surface area contributed by atoms with E-state index < -0.39 is 11.5 Å². The van der Waals surface area contributed by atoms with Crippen molar-refractivity contribution >= 4 is 12.0 Å². The van der Waals surface area contributed by atoms with Gasteiger partial charge in [-0.2, -0.15) is 5.26 Å². The third-order valence-corrected chi connectivity index (χ3v) is 4.11. The number of aliphatic carboxylic acids is 1. The first-order chi connectivity index (χ1) is 11.6. The average molecular weight is 330 g/mol. The number of nitriles is 1. The van der Waals surface area contributed by atoms with Crippen molar-refractivity contribution < 1.29 is 24.3 Å². The second-order valence-electron chi connectivity index (χ2n) is 5.78. The topological polar surface area (TPSA) is 86.8 Å². The first kappa shape index (κ1) is 17.8. The van der Waals surface area contributed by atoms with Gasteiger partial charge in [0, 0.05) is 0 Å². The van der Waals surface area contributed by atoms with Crippen molar-refractivity contribution in [2.75, 3.05) is 33.4 Å². The molecule has 24 heavy (non-hydrogen) atoms. The fourth-order valence-electron chi connectivity index (χ4n) is 2.81. The van der Waals surface area contributed by atoms with E-state index in [1.165, 1.54) is 38.4 Å². The van der Waals surface area contributed by atoms with Crippen LogP contribution in [0, 0.1) is 11.3 Å². The molecule has 1 aliphatic rings. The maximum absolute atomic E-state index is 10.8. The van der Waals surface area contributed by atoms with Crippen LogP contribution in [0.4, 0.5) is 0 Å².